The van der Waals surface area contributed by atoms with Crippen LogP contribution in [0.5, 0.6) is 0 Å². The molecule has 1 aliphatic heterocycles. The van der Waals surface area contributed by atoms with Crippen molar-refractivity contribution in [3.05, 3.63) is 34.9 Å². The molecule has 1 saturated heterocycles. The van der Waals surface area contributed by atoms with Gasteiger partial charge in [0, 0.05) is 25.2 Å². The van der Waals surface area contributed by atoms with E-state index in [2.05, 4.69) is 12.2 Å². The molecule has 1 aromatic rings. The lowest BCUT2D eigenvalue weighted by Gasteiger charge is -2.32. The Bertz CT molecular complexity index is 469. The van der Waals surface area contributed by atoms with Gasteiger partial charge in [0.15, 0.2) is 0 Å². The third-order valence-corrected chi connectivity index (χ3v) is 4.51. The highest BCUT2D eigenvalue weighted by Crippen LogP contribution is 2.33. The maximum Gasteiger partial charge on any atom is 0.230 e. The minimum Gasteiger partial charge on any atom is -0.341 e. The largest absolute Gasteiger partial charge is 0.341 e. The van der Waals surface area contributed by atoms with E-state index >= 15 is 0 Å². The molecule has 1 fully saturated rings. The third kappa shape index (κ3) is 3.15. The second-order valence-electron chi connectivity index (χ2n) is 5.71. The first kappa shape index (κ1) is 15.3. The lowest BCUT2D eigenvalue weighted by atomic mass is 9.81. The highest BCUT2D eigenvalue weighted by Gasteiger charge is 2.41. The van der Waals surface area contributed by atoms with Gasteiger partial charge in [-0.05, 0) is 31.0 Å². The van der Waals surface area contributed by atoms with Crippen molar-refractivity contribution in [1.82, 2.24) is 10.2 Å². The first-order valence-corrected chi connectivity index (χ1v) is 7.66. The zero-order valence-electron chi connectivity index (χ0n) is 12.3. The maximum atomic E-state index is 12.8. The summed E-state index contributed by atoms with van der Waals surface area (Å²) >= 11 is 6.18. The van der Waals surface area contributed by atoms with Crippen LogP contribution in [0.15, 0.2) is 24.3 Å². The van der Waals surface area contributed by atoms with E-state index in [0.29, 0.717) is 6.54 Å². The van der Waals surface area contributed by atoms with Crippen LogP contribution in [0.25, 0.3) is 0 Å². The summed E-state index contributed by atoms with van der Waals surface area (Å²) < 4.78 is 0. The van der Waals surface area contributed by atoms with Gasteiger partial charge >= 0.3 is 0 Å². The standard InChI is InChI=1S/C16H23ClN2O/c1-3-8-16(9-10-18-12-16)15(20)19(2)11-13-6-4-5-7-14(13)17/h4-7,18H,3,8-12H2,1-2H3. The van der Waals surface area contributed by atoms with Gasteiger partial charge in [-0.25, -0.2) is 0 Å². The van der Waals surface area contributed by atoms with Gasteiger partial charge in [-0.1, -0.05) is 43.1 Å². The van der Waals surface area contributed by atoms with Crippen molar-refractivity contribution in [2.24, 2.45) is 5.41 Å². The molecule has 0 radical (unpaired) electrons. The minimum absolute atomic E-state index is 0.218. The molecule has 3 nitrogen and oxygen atoms in total. The van der Waals surface area contributed by atoms with Gasteiger partial charge in [-0.3, -0.25) is 4.79 Å². The molecule has 1 aromatic carbocycles. The van der Waals surface area contributed by atoms with E-state index in [9.17, 15) is 4.79 Å². The lowest BCUT2D eigenvalue weighted by molar-refractivity contribution is -0.140. The Morgan fingerprint density at radius 1 is 1.45 bits per heavy atom. The van der Waals surface area contributed by atoms with Gasteiger partial charge in [0.05, 0.1) is 5.41 Å². The normalized spacial score (nSPS) is 21.9. The predicted octanol–water partition coefficient (Wildman–Crippen LogP) is 3.08. The quantitative estimate of drug-likeness (QED) is 0.905. The van der Waals surface area contributed by atoms with Crippen LogP contribution in [0, 0.1) is 5.41 Å². The lowest BCUT2D eigenvalue weighted by Crippen LogP contribution is -2.43. The molecule has 2 rings (SSSR count). The van der Waals surface area contributed by atoms with E-state index in [0.717, 1.165) is 42.9 Å². The van der Waals surface area contributed by atoms with E-state index in [4.69, 9.17) is 11.6 Å². The fraction of sp³-hybridized carbons (Fsp3) is 0.562. The van der Waals surface area contributed by atoms with Gasteiger partial charge < -0.3 is 10.2 Å². The number of carbonyl (C=O) groups is 1. The molecule has 1 amide bonds. The van der Waals surface area contributed by atoms with Gasteiger partial charge in [-0.15, -0.1) is 0 Å². The zero-order chi connectivity index (χ0) is 14.6. The summed E-state index contributed by atoms with van der Waals surface area (Å²) in [5.74, 6) is 0.240. The van der Waals surface area contributed by atoms with Crippen LogP contribution >= 0.6 is 11.6 Å². The number of benzene rings is 1. The van der Waals surface area contributed by atoms with E-state index in [1.165, 1.54) is 0 Å². The molecule has 1 unspecified atom stereocenters. The van der Waals surface area contributed by atoms with Crippen LogP contribution in [0.3, 0.4) is 0 Å². The SMILES string of the molecule is CCCC1(C(=O)N(C)Cc2ccccc2Cl)CCNC1. The zero-order valence-corrected chi connectivity index (χ0v) is 13.0. The molecule has 110 valence electrons. The Hall–Kier alpha value is -1.06. The fourth-order valence-corrected chi connectivity index (χ4v) is 3.28. The molecule has 4 heteroatoms. The monoisotopic (exact) mass is 294 g/mol. The second kappa shape index (κ2) is 6.59. The van der Waals surface area contributed by atoms with Crippen LogP contribution in [-0.2, 0) is 11.3 Å². The van der Waals surface area contributed by atoms with Crippen molar-refractivity contribution in [2.75, 3.05) is 20.1 Å². The molecule has 0 saturated carbocycles. The van der Waals surface area contributed by atoms with Crippen LogP contribution in [0.2, 0.25) is 5.02 Å². The number of hydrogen-bond acceptors (Lipinski definition) is 2. The Morgan fingerprint density at radius 3 is 2.80 bits per heavy atom. The number of nitrogens with zero attached hydrogens (tertiary/aromatic N) is 1. The van der Waals surface area contributed by atoms with E-state index in [1.807, 2.05) is 36.2 Å². The average Bonchev–Trinajstić information content (AvgIpc) is 2.90. The van der Waals surface area contributed by atoms with Crippen molar-refractivity contribution in [3.8, 4) is 0 Å². The molecule has 1 N–H and O–H groups in total. The summed E-state index contributed by atoms with van der Waals surface area (Å²) in [7, 11) is 1.88. The molecule has 0 aliphatic carbocycles. The summed E-state index contributed by atoms with van der Waals surface area (Å²) in [4.78, 5) is 14.6. The van der Waals surface area contributed by atoms with Crippen molar-refractivity contribution in [2.45, 2.75) is 32.7 Å². The Morgan fingerprint density at radius 2 is 2.20 bits per heavy atom. The number of halogens is 1. The number of rotatable bonds is 5. The third-order valence-electron chi connectivity index (χ3n) is 4.14. The summed E-state index contributed by atoms with van der Waals surface area (Å²) in [5.41, 5.74) is 0.785. The topological polar surface area (TPSA) is 32.3 Å². The summed E-state index contributed by atoms with van der Waals surface area (Å²) in [6.45, 7) is 4.45. The van der Waals surface area contributed by atoms with Crippen molar-refractivity contribution < 1.29 is 4.79 Å². The van der Waals surface area contributed by atoms with Gasteiger partial charge in [0.1, 0.15) is 0 Å². The smallest absolute Gasteiger partial charge is 0.230 e. The van der Waals surface area contributed by atoms with Crippen LogP contribution in [-0.4, -0.2) is 30.9 Å². The number of carbonyl (C=O) groups excluding carboxylic acids is 1. The minimum atomic E-state index is -0.218. The summed E-state index contributed by atoms with van der Waals surface area (Å²) in [6.07, 6.45) is 2.92. The Kier molecular flexibility index (Phi) is 5.06. The molecule has 0 aromatic heterocycles. The fourth-order valence-electron chi connectivity index (χ4n) is 3.08. The molecule has 0 bridgehead atoms. The second-order valence-corrected chi connectivity index (χ2v) is 6.12. The van der Waals surface area contributed by atoms with Crippen molar-refractivity contribution in [1.29, 1.82) is 0 Å². The number of nitrogens with one attached hydrogen (secondary N) is 1. The molecule has 1 aliphatic rings. The Labute approximate surface area is 126 Å². The van der Waals surface area contributed by atoms with Crippen LogP contribution < -0.4 is 5.32 Å². The summed E-state index contributed by atoms with van der Waals surface area (Å²) in [5, 5.41) is 4.06. The molecule has 1 atom stereocenters. The molecule has 20 heavy (non-hydrogen) atoms. The van der Waals surface area contributed by atoms with E-state index in [1.54, 1.807) is 0 Å². The van der Waals surface area contributed by atoms with Crippen LogP contribution in [0.1, 0.15) is 31.7 Å². The van der Waals surface area contributed by atoms with Crippen molar-refractivity contribution >= 4 is 17.5 Å². The highest BCUT2D eigenvalue weighted by atomic mass is 35.5. The van der Waals surface area contributed by atoms with E-state index in [-0.39, 0.29) is 11.3 Å². The van der Waals surface area contributed by atoms with Gasteiger partial charge in [0.2, 0.25) is 5.91 Å². The Balaban J connectivity index is 2.10. The molecular formula is C16H23ClN2O. The predicted molar refractivity (Wildman–Crippen MR) is 82.8 cm³/mol. The van der Waals surface area contributed by atoms with Gasteiger partial charge in [-0.2, -0.15) is 0 Å². The molecule has 0 spiro atoms. The number of hydrogen-bond donors (Lipinski definition) is 1. The first-order chi connectivity index (χ1) is 9.59. The maximum absolute atomic E-state index is 12.8. The van der Waals surface area contributed by atoms with Crippen LogP contribution in [0.4, 0.5) is 0 Å². The summed E-state index contributed by atoms with van der Waals surface area (Å²) in [6, 6.07) is 7.71. The molecular weight excluding hydrogens is 272 g/mol. The number of amides is 1. The highest BCUT2D eigenvalue weighted by molar-refractivity contribution is 6.31. The first-order valence-electron chi connectivity index (χ1n) is 7.29. The molecule has 1 heterocycles. The van der Waals surface area contributed by atoms with E-state index < -0.39 is 0 Å². The van der Waals surface area contributed by atoms with Crippen molar-refractivity contribution in [3.63, 3.8) is 0 Å². The van der Waals surface area contributed by atoms with Gasteiger partial charge in [0.25, 0.3) is 0 Å². The average molecular weight is 295 g/mol.